The third kappa shape index (κ3) is 3.05. The summed E-state index contributed by atoms with van der Waals surface area (Å²) in [6.07, 6.45) is 2.94. The van der Waals surface area contributed by atoms with E-state index in [-0.39, 0.29) is 17.7 Å². The summed E-state index contributed by atoms with van der Waals surface area (Å²) >= 11 is 12.3. The van der Waals surface area contributed by atoms with Crippen LogP contribution in [0.4, 0.5) is 0 Å². The van der Waals surface area contributed by atoms with E-state index in [1.54, 1.807) is 6.07 Å². The van der Waals surface area contributed by atoms with E-state index in [1.807, 2.05) is 17.0 Å². The molecule has 1 aliphatic carbocycles. The van der Waals surface area contributed by atoms with Crippen molar-refractivity contribution in [2.45, 2.75) is 25.2 Å². The van der Waals surface area contributed by atoms with Gasteiger partial charge < -0.3 is 10.6 Å². The first kappa shape index (κ1) is 15.1. The van der Waals surface area contributed by atoms with Gasteiger partial charge in [0.05, 0.1) is 10.0 Å². The van der Waals surface area contributed by atoms with Gasteiger partial charge >= 0.3 is 0 Å². The summed E-state index contributed by atoms with van der Waals surface area (Å²) < 4.78 is 0. The summed E-state index contributed by atoms with van der Waals surface area (Å²) in [6.45, 7) is 2.41. The minimum atomic E-state index is 0.0791. The molecule has 1 saturated carbocycles. The Balaban J connectivity index is 1.63. The van der Waals surface area contributed by atoms with Crippen molar-refractivity contribution in [2.24, 2.45) is 17.6 Å². The molecule has 1 aromatic carbocycles. The molecule has 2 aliphatic rings. The van der Waals surface area contributed by atoms with Gasteiger partial charge in [0.25, 0.3) is 0 Å². The molecule has 2 N–H and O–H groups in total. The first-order chi connectivity index (χ1) is 10.1. The van der Waals surface area contributed by atoms with Crippen LogP contribution in [0, 0.1) is 11.8 Å². The van der Waals surface area contributed by atoms with Crippen LogP contribution in [0.25, 0.3) is 0 Å². The fourth-order valence-electron chi connectivity index (χ4n) is 3.24. The summed E-state index contributed by atoms with van der Waals surface area (Å²) in [5.74, 6) is 1.16. The molecule has 2 atom stereocenters. The van der Waals surface area contributed by atoms with E-state index in [0.717, 1.165) is 44.5 Å². The maximum atomic E-state index is 12.6. The number of rotatable bonds is 3. The average molecular weight is 327 g/mol. The maximum Gasteiger partial charge on any atom is 0.226 e. The lowest BCUT2D eigenvalue weighted by Gasteiger charge is -2.31. The van der Waals surface area contributed by atoms with Gasteiger partial charge in [-0.05, 0) is 49.3 Å². The molecular formula is C16H20Cl2N2O. The highest BCUT2D eigenvalue weighted by Gasteiger charge is 2.47. The number of halogens is 2. The van der Waals surface area contributed by atoms with Crippen molar-refractivity contribution in [1.29, 1.82) is 0 Å². The number of nitrogens with two attached hydrogens (primary N) is 1. The fraction of sp³-hybridized carbons (Fsp3) is 0.562. The Hall–Kier alpha value is -0.770. The van der Waals surface area contributed by atoms with Crippen LogP contribution in [0.1, 0.15) is 30.7 Å². The van der Waals surface area contributed by atoms with Crippen molar-refractivity contribution in [3.8, 4) is 0 Å². The number of benzene rings is 1. The van der Waals surface area contributed by atoms with Crippen LogP contribution in [0.3, 0.4) is 0 Å². The second-order valence-corrected chi connectivity index (χ2v) is 6.88. The van der Waals surface area contributed by atoms with Crippen LogP contribution in [0.15, 0.2) is 18.2 Å². The minimum absolute atomic E-state index is 0.0791. The zero-order chi connectivity index (χ0) is 15.0. The van der Waals surface area contributed by atoms with Crippen molar-refractivity contribution in [2.75, 3.05) is 19.6 Å². The van der Waals surface area contributed by atoms with Gasteiger partial charge in [-0.25, -0.2) is 0 Å². The third-order valence-corrected chi connectivity index (χ3v) is 5.58. The Morgan fingerprint density at radius 3 is 2.67 bits per heavy atom. The fourth-order valence-corrected chi connectivity index (χ4v) is 3.69. The van der Waals surface area contributed by atoms with Crippen molar-refractivity contribution in [3.05, 3.63) is 33.8 Å². The number of hydrogen-bond donors (Lipinski definition) is 1. The normalized spacial score (nSPS) is 26.0. The van der Waals surface area contributed by atoms with Gasteiger partial charge in [-0.15, -0.1) is 0 Å². The lowest BCUT2D eigenvalue weighted by atomic mass is 9.96. The average Bonchev–Trinajstić information content (AvgIpc) is 3.30. The first-order valence-corrected chi connectivity index (χ1v) is 8.30. The van der Waals surface area contributed by atoms with E-state index in [4.69, 9.17) is 28.9 Å². The summed E-state index contributed by atoms with van der Waals surface area (Å²) in [4.78, 5) is 14.5. The molecule has 0 radical (unpaired) electrons. The van der Waals surface area contributed by atoms with Gasteiger partial charge in [0, 0.05) is 19.0 Å². The van der Waals surface area contributed by atoms with Crippen LogP contribution in [0.2, 0.25) is 10.0 Å². The van der Waals surface area contributed by atoms with E-state index < -0.39 is 0 Å². The molecule has 1 aliphatic heterocycles. The molecule has 5 heteroatoms. The predicted octanol–water partition coefficient (Wildman–Crippen LogP) is 3.29. The largest absolute Gasteiger partial charge is 0.342 e. The summed E-state index contributed by atoms with van der Waals surface area (Å²) in [6, 6.07) is 5.66. The summed E-state index contributed by atoms with van der Waals surface area (Å²) in [5, 5.41) is 1.16. The highest BCUT2D eigenvalue weighted by molar-refractivity contribution is 6.42. The van der Waals surface area contributed by atoms with Crippen LogP contribution in [-0.4, -0.2) is 30.4 Å². The molecule has 2 unspecified atom stereocenters. The van der Waals surface area contributed by atoms with E-state index in [0.29, 0.717) is 16.0 Å². The number of nitrogens with zero attached hydrogens (tertiary/aromatic N) is 1. The molecule has 3 rings (SSSR count). The van der Waals surface area contributed by atoms with E-state index in [9.17, 15) is 4.79 Å². The van der Waals surface area contributed by atoms with Crippen LogP contribution in [0.5, 0.6) is 0 Å². The number of amides is 1. The van der Waals surface area contributed by atoms with E-state index in [2.05, 4.69) is 0 Å². The van der Waals surface area contributed by atoms with Gasteiger partial charge in [-0.1, -0.05) is 35.3 Å². The second-order valence-electron chi connectivity index (χ2n) is 6.10. The zero-order valence-corrected chi connectivity index (χ0v) is 13.4. The van der Waals surface area contributed by atoms with Crippen LogP contribution >= 0.6 is 23.2 Å². The van der Waals surface area contributed by atoms with Crippen molar-refractivity contribution in [3.63, 3.8) is 0 Å². The Labute approximate surface area is 135 Å². The highest BCUT2D eigenvalue weighted by atomic mass is 35.5. The highest BCUT2D eigenvalue weighted by Crippen LogP contribution is 2.51. The smallest absolute Gasteiger partial charge is 0.226 e. The molecule has 1 saturated heterocycles. The Kier molecular flexibility index (Phi) is 4.43. The number of likely N-dealkylation sites (tertiary alicyclic amines) is 1. The molecule has 0 bridgehead atoms. The molecule has 3 nitrogen and oxygen atoms in total. The van der Waals surface area contributed by atoms with Gasteiger partial charge in [0.1, 0.15) is 0 Å². The Bertz CT molecular complexity index is 541. The first-order valence-electron chi connectivity index (χ1n) is 7.54. The molecule has 0 spiro atoms. The van der Waals surface area contributed by atoms with E-state index in [1.165, 1.54) is 0 Å². The molecule has 1 aromatic rings. The zero-order valence-electron chi connectivity index (χ0n) is 11.9. The van der Waals surface area contributed by atoms with Gasteiger partial charge in [0.2, 0.25) is 5.91 Å². The Morgan fingerprint density at radius 2 is 2.00 bits per heavy atom. The molecule has 0 aromatic heterocycles. The quantitative estimate of drug-likeness (QED) is 0.926. The van der Waals surface area contributed by atoms with Gasteiger partial charge in [0.15, 0.2) is 0 Å². The lowest BCUT2D eigenvalue weighted by Crippen LogP contribution is -2.41. The molecule has 21 heavy (non-hydrogen) atoms. The van der Waals surface area contributed by atoms with Crippen LogP contribution < -0.4 is 5.73 Å². The summed E-state index contributed by atoms with van der Waals surface area (Å²) in [7, 11) is 0. The molecule has 1 heterocycles. The molecular weight excluding hydrogens is 307 g/mol. The van der Waals surface area contributed by atoms with Gasteiger partial charge in [-0.2, -0.15) is 0 Å². The number of piperidine rings is 1. The third-order valence-electron chi connectivity index (χ3n) is 4.75. The SMILES string of the molecule is NCC1CCN(C(=O)C2CC2c2cccc(Cl)c2Cl)CC1. The lowest BCUT2D eigenvalue weighted by molar-refractivity contribution is -0.134. The van der Waals surface area contributed by atoms with Gasteiger partial charge in [-0.3, -0.25) is 4.79 Å². The second kappa shape index (κ2) is 6.15. The Morgan fingerprint density at radius 1 is 1.29 bits per heavy atom. The van der Waals surface area contributed by atoms with Crippen molar-refractivity contribution in [1.82, 2.24) is 4.90 Å². The van der Waals surface area contributed by atoms with Crippen LogP contribution in [-0.2, 0) is 4.79 Å². The number of carbonyl (C=O) groups excluding carboxylic acids is 1. The number of carbonyl (C=O) groups is 1. The van der Waals surface area contributed by atoms with E-state index >= 15 is 0 Å². The topological polar surface area (TPSA) is 46.3 Å². The monoisotopic (exact) mass is 326 g/mol. The number of hydrogen-bond acceptors (Lipinski definition) is 2. The molecule has 2 fully saturated rings. The maximum absolute atomic E-state index is 12.6. The minimum Gasteiger partial charge on any atom is -0.342 e. The van der Waals surface area contributed by atoms with Crippen molar-refractivity contribution < 1.29 is 4.79 Å². The standard InChI is InChI=1S/C16H20Cl2N2O/c17-14-3-1-2-11(15(14)18)12-8-13(12)16(21)20-6-4-10(9-19)5-7-20/h1-3,10,12-13H,4-9,19H2. The van der Waals surface area contributed by atoms with Crippen molar-refractivity contribution >= 4 is 29.1 Å². The molecule has 114 valence electrons. The predicted molar refractivity (Wildman–Crippen MR) is 85.7 cm³/mol. The molecule has 1 amide bonds. The summed E-state index contributed by atoms with van der Waals surface area (Å²) in [5.41, 5.74) is 6.71.